The zero-order chi connectivity index (χ0) is 11.5. The highest BCUT2D eigenvalue weighted by molar-refractivity contribution is 5.94. The molecule has 5 nitrogen and oxygen atoms in total. The molecule has 1 fully saturated rings. The molecule has 16 heavy (non-hydrogen) atoms. The minimum absolute atomic E-state index is 0.0400. The molecule has 1 amide bonds. The molecule has 5 heteroatoms. The molecular weight excluding hydrogens is 206 g/mol. The number of hydrogen-bond acceptors (Lipinski definition) is 4. The van der Waals surface area contributed by atoms with Crippen molar-refractivity contribution >= 4 is 5.91 Å². The maximum absolute atomic E-state index is 11.9. The first-order valence-corrected chi connectivity index (χ1v) is 5.56. The third-order valence-electron chi connectivity index (χ3n) is 2.92. The minimum Gasteiger partial charge on any atom is -0.364 e. The van der Waals surface area contributed by atoms with E-state index in [1.807, 2.05) is 0 Å². The highest BCUT2D eigenvalue weighted by Crippen LogP contribution is 2.25. The van der Waals surface area contributed by atoms with Gasteiger partial charge in [-0.3, -0.25) is 4.79 Å². The SMILES string of the molecule is CN(C)C(=O)c1conc1[C@H]1CCCNC1. The third kappa shape index (κ3) is 2.09. The number of aromatic nitrogens is 1. The Hall–Kier alpha value is -1.36. The summed E-state index contributed by atoms with van der Waals surface area (Å²) in [6, 6.07) is 0. The topological polar surface area (TPSA) is 58.4 Å². The zero-order valence-corrected chi connectivity index (χ0v) is 9.69. The Balaban J connectivity index is 2.21. The van der Waals surface area contributed by atoms with E-state index >= 15 is 0 Å². The van der Waals surface area contributed by atoms with Gasteiger partial charge in [0, 0.05) is 26.6 Å². The molecule has 0 unspecified atom stereocenters. The molecule has 0 bridgehead atoms. The Morgan fingerprint density at radius 1 is 1.62 bits per heavy atom. The second kappa shape index (κ2) is 4.65. The van der Waals surface area contributed by atoms with Crippen molar-refractivity contribution in [1.82, 2.24) is 15.4 Å². The quantitative estimate of drug-likeness (QED) is 0.807. The van der Waals surface area contributed by atoms with Gasteiger partial charge in [-0.15, -0.1) is 0 Å². The number of nitrogens with zero attached hydrogens (tertiary/aromatic N) is 2. The molecule has 2 rings (SSSR count). The van der Waals surface area contributed by atoms with Gasteiger partial charge in [0.1, 0.15) is 17.5 Å². The van der Waals surface area contributed by atoms with Crippen LogP contribution in [-0.4, -0.2) is 43.1 Å². The summed E-state index contributed by atoms with van der Waals surface area (Å²) in [6.07, 6.45) is 3.63. The van der Waals surface area contributed by atoms with E-state index in [1.54, 1.807) is 19.0 Å². The smallest absolute Gasteiger partial charge is 0.258 e. The van der Waals surface area contributed by atoms with Crippen LogP contribution in [0, 0.1) is 0 Å². The van der Waals surface area contributed by atoms with E-state index in [-0.39, 0.29) is 5.91 Å². The monoisotopic (exact) mass is 223 g/mol. The summed E-state index contributed by atoms with van der Waals surface area (Å²) in [5.74, 6) is 0.258. The second-order valence-electron chi connectivity index (χ2n) is 4.36. The maximum atomic E-state index is 11.9. The first-order chi connectivity index (χ1) is 7.70. The van der Waals surface area contributed by atoms with E-state index in [4.69, 9.17) is 4.52 Å². The largest absolute Gasteiger partial charge is 0.364 e. The van der Waals surface area contributed by atoms with E-state index in [9.17, 15) is 4.79 Å². The molecule has 1 aromatic rings. The lowest BCUT2D eigenvalue weighted by atomic mass is 9.93. The predicted octanol–water partition coefficient (Wildman–Crippen LogP) is 0.843. The molecule has 88 valence electrons. The number of amides is 1. The molecule has 2 heterocycles. The van der Waals surface area contributed by atoms with Crippen LogP contribution in [0.25, 0.3) is 0 Å². The summed E-state index contributed by atoms with van der Waals surface area (Å²) in [4.78, 5) is 13.4. The van der Waals surface area contributed by atoms with Crippen molar-refractivity contribution in [2.75, 3.05) is 27.2 Å². The highest BCUT2D eigenvalue weighted by atomic mass is 16.5. The van der Waals surface area contributed by atoms with Gasteiger partial charge in [-0.1, -0.05) is 5.16 Å². The Morgan fingerprint density at radius 3 is 3.06 bits per heavy atom. The molecule has 1 atom stereocenters. The van der Waals surface area contributed by atoms with Crippen molar-refractivity contribution < 1.29 is 9.32 Å². The van der Waals surface area contributed by atoms with E-state index in [0.717, 1.165) is 31.6 Å². The van der Waals surface area contributed by atoms with Gasteiger partial charge < -0.3 is 14.7 Å². The fraction of sp³-hybridized carbons (Fsp3) is 0.636. The highest BCUT2D eigenvalue weighted by Gasteiger charge is 2.25. The van der Waals surface area contributed by atoms with Crippen LogP contribution in [0.15, 0.2) is 10.8 Å². The van der Waals surface area contributed by atoms with E-state index < -0.39 is 0 Å². The van der Waals surface area contributed by atoms with Crippen LogP contribution in [0.1, 0.15) is 34.8 Å². The summed E-state index contributed by atoms with van der Waals surface area (Å²) in [5.41, 5.74) is 1.39. The van der Waals surface area contributed by atoms with Gasteiger partial charge in [-0.25, -0.2) is 0 Å². The van der Waals surface area contributed by atoms with Crippen molar-refractivity contribution in [3.63, 3.8) is 0 Å². The number of carbonyl (C=O) groups is 1. The Bertz CT molecular complexity index is 367. The number of nitrogens with one attached hydrogen (secondary N) is 1. The number of piperidine rings is 1. The van der Waals surface area contributed by atoms with E-state index in [0.29, 0.717) is 11.5 Å². The average molecular weight is 223 g/mol. The van der Waals surface area contributed by atoms with Crippen LogP contribution < -0.4 is 5.32 Å². The number of hydrogen-bond donors (Lipinski definition) is 1. The fourth-order valence-electron chi connectivity index (χ4n) is 2.03. The molecule has 0 radical (unpaired) electrons. The Morgan fingerprint density at radius 2 is 2.44 bits per heavy atom. The van der Waals surface area contributed by atoms with Crippen LogP contribution in [0.2, 0.25) is 0 Å². The number of rotatable bonds is 2. The van der Waals surface area contributed by atoms with Crippen LogP contribution in [0.4, 0.5) is 0 Å². The van der Waals surface area contributed by atoms with Crippen molar-refractivity contribution in [1.29, 1.82) is 0 Å². The molecule has 0 aliphatic carbocycles. The average Bonchev–Trinajstić information content (AvgIpc) is 2.77. The van der Waals surface area contributed by atoms with Crippen LogP contribution >= 0.6 is 0 Å². The lowest BCUT2D eigenvalue weighted by Gasteiger charge is -2.21. The van der Waals surface area contributed by atoms with Crippen LogP contribution in [-0.2, 0) is 0 Å². The van der Waals surface area contributed by atoms with E-state index in [1.165, 1.54) is 6.26 Å². The normalized spacial score (nSPS) is 20.8. The van der Waals surface area contributed by atoms with Gasteiger partial charge in [-0.2, -0.15) is 0 Å². The van der Waals surface area contributed by atoms with Crippen molar-refractivity contribution in [2.24, 2.45) is 0 Å². The molecule has 0 saturated carbocycles. The van der Waals surface area contributed by atoms with E-state index in [2.05, 4.69) is 10.5 Å². The molecular formula is C11H17N3O2. The van der Waals surface area contributed by atoms with Crippen molar-refractivity contribution in [2.45, 2.75) is 18.8 Å². The van der Waals surface area contributed by atoms with Gasteiger partial charge in [-0.05, 0) is 19.4 Å². The molecule has 1 N–H and O–H groups in total. The standard InChI is InChI=1S/C11H17N3O2/c1-14(2)11(15)9-7-16-13-10(9)8-4-3-5-12-6-8/h7-8,12H,3-6H2,1-2H3/t8-/m0/s1. The zero-order valence-electron chi connectivity index (χ0n) is 9.69. The summed E-state index contributed by atoms with van der Waals surface area (Å²) in [6.45, 7) is 1.92. The molecule has 1 aliphatic rings. The van der Waals surface area contributed by atoms with Crippen molar-refractivity contribution in [3.05, 3.63) is 17.5 Å². The number of carbonyl (C=O) groups excluding carboxylic acids is 1. The molecule has 1 aliphatic heterocycles. The Kier molecular flexibility index (Phi) is 3.24. The fourth-order valence-corrected chi connectivity index (χ4v) is 2.03. The Labute approximate surface area is 94.8 Å². The van der Waals surface area contributed by atoms with Crippen molar-refractivity contribution in [3.8, 4) is 0 Å². The molecule has 1 saturated heterocycles. The van der Waals surface area contributed by atoms with Crippen LogP contribution in [0.5, 0.6) is 0 Å². The lowest BCUT2D eigenvalue weighted by Crippen LogP contribution is -2.30. The molecule has 1 aromatic heterocycles. The summed E-state index contributed by atoms with van der Waals surface area (Å²) >= 11 is 0. The lowest BCUT2D eigenvalue weighted by molar-refractivity contribution is 0.0825. The minimum atomic E-state index is -0.0400. The van der Waals surface area contributed by atoms with Crippen LogP contribution in [0.3, 0.4) is 0 Å². The van der Waals surface area contributed by atoms with Gasteiger partial charge >= 0.3 is 0 Å². The molecule has 0 spiro atoms. The summed E-state index contributed by atoms with van der Waals surface area (Å²) in [5, 5.41) is 7.29. The third-order valence-corrected chi connectivity index (χ3v) is 2.92. The van der Waals surface area contributed by atoms with Gasteiger partial charge in [0.2, 0.25) is 0 Å². The molecule has 0 aromatic carbocycles. The maximum Gasteiger partial charge on any atom is 0.258 e. The second-order valence-corrected chi connectivity index (χ2v) is 4.36. The van der Waals surface area contributed by atoms with Gasteiger partial charge in [0.05, 0.1) is 0 Å². The predicted molar refractivity (Wildman–Crippen MR) is 59.4 cm³/mol. The summed E-state index contributed by atoms with van der Waals surface area (Å²) in [7, 11) is 3.47. The first kappa shape index (κ1) is 11.1. The van der Waals surface area contributed by atoms with Gasteiger partial charge in [0.25, 0.3) is 5.91 Å². The first-order valence-electron chi connectivity index (χ1n) is 5.56. The van der Waals surface area contributed by atoms with Gasteiger partial charge in [0.15, 0.2) is 0 Å². The summed E-state index contributed by atoms with van der Waals surface area (Å²) < 4.78 is 4.94.